The third-order valence-corrected chi connectivity index (χ3v) is 4.77. The van der Waals surface area contributed by atoms with Crippen LogP contribution in [0, 0.1) is 6.92 Å². The van der Waals surface area contributed by atoms with E-state index in [4.69, 9.17) is 0 Å². The number of nitrogens with zero attached hydrogens (tertiary/aromatic N) is 1. The van der Waals surface area contributed by atoms with Crippen LogP contribution in [-0.2, 0) is 9.84 Å². The van der Waals surface area contributed by atoms with Crippen molar-refractivity contribution in [3.63, 3.8) is 0 Å². The van der Waals surface area contributed by atoms with Crippen LogP contribution in [-0.4, -0.2) is 30.9 Å². The number of hydrogen-bond acceptors (Lipinski definition) is 4. The highest BCUT2D eigenvalue weighted by Gasteiger charge is 2.29. The lowest BCUT2D eigenvalue weighted by Crippen LogP contribution is -2.38. The standard InChI is InChI=1S/C11H18N2O2S/c1-9-5-6-12-10(7-9)13-8-11(2,3)16(4,14)15/h5-7H,8H2,1-4H3,(H,12,13). The van der Waals surface area contributed by atoms with E-state index in [1.807, 2.05) is 19.1 Å². The molecule has 0 aliphatic rings. The first-order valence-corrected chi connectivity index (χ1v) is 6.98. The smallest absolute Gasteiger partial charge is 0.154 e. The third kappa shape index (κ3) is 3.20. The number of aryl methyl sites for hydroxylation is 1. The molecule has 4 nitrogen and oxygen atoms in total. The Balaban J connectivity index is 2.72. The van der Waals surface area contributed by atoms with Gasteiger partial charge in [-0.3, -0.25) is 0 Å². The minimum Gasteiger partial charge on any atom is -0.369 e. The topological polar surface area (TPSA) is 59.1 Å². The number of pyridine rings is 1. The van der Waals surface area contributed by atoms with Crippen LogP contribution in [0.1, 0.15) is 19.4 Å². The van der Waals surface area contributed by atoms with Crippen LogP contribution in [0.2, 0.25) is 0 Å². The first kappa shape index (κ1) is 13.0. The molecule has 0 radical (unpaired) electrons. The Morgan fingerprint density at radius 3 is 2.56 bits per heavy atom. The Labute approximate surface area is 97.0 Å². The molecule has 0 fully saturated rings. The predicted molar refractivity (Wildman–Crippen MR) is 66.4 cm³/mol. The zero-order valence-electron chi connectivity index (χ0n) is 10.1. The predicted octanol–water partition coefficient (Wildman–Crippen LogP) is 1.63. The molecule has 16 heavy (non-hydrogen) atoms. The fourth-order valence-electron chi connectivity index (χ4n) is 1.07. The van der Waals surface area contributed by atoms with Crippen LogP contribution in [0.25, 0.3) is 0 Å². The van der Waals surface area contributed by atoms with Gasteiger partial charge in [0.1, 0.15) is 5.82 Å². The Morgan fingerprint density at radius 1 is 1.44 bits per heavy atom. The summed E-state index contributed by atoms with van der Waals surface area (Å²) in [4.78, 5) is 4.12. The van der Waals surface area contributed by atoms with Crippen molar-refractivity contribution in [1.82, 2.24) is 4.98 Å². The number of rotatable bonds is 4. The average Bonchev–Trinajstić information content (AvgIpc) is 2.13. The number of aromatic nitrogens is 1. The van der Waals surface area contributed by atoms with E-state index in [-0.39, 0.29) is 0 Å². The lowest BCUT2D eigenvalue weighted by molar-refractivity contribution is 0.559. The normalized spacial score (nSPS) is 12.5. The summed E-state index contributed by atoms with van der Waals surface area (Å²) >= 11 is 0. The van der Waals surface area contributed by atoms with Gasteiger partial charge in [-0.05, 0) is 38.5 Å². The minimum absolute atomic E-state index is 0.349. The molecule has 0 aliphatic carbocycles. The van der Waals surface area contributed by atoms with E-state index < -0.39 is 14.6 Å². The van der Waals surface area contributed by atoms with Crippen molar-refractivity contribution >= 4 is 15.7 Å². The summed E-state index contributed by atoms with van der Waals surface area (Å²) in [5.41, 5.74) is 1.09. The summed E-state index contributed by atoms with van der Waals surface area (Å²) in [5, 5.41) is 3.04. The van der Waals surface area contributed by atoms with E-state index in [0.29, 0.717) is 12.4 Å². The molecule has 0 aliphatic heterocycles. The average molecular weight is 242 g/mol. The molecule has 90 valence electrons. The molecule has 1 aromatic rings. The second-order valence-corrected chi connectivity index (χ2v) is 7.25. The number of anilines is 1. The largest absolute Gasteiger partial charge is 0.369 e. The highest BCUT2D eigenvalue weighted by Crippen LogP contribution is 2.16. The number of nitrogens with one attached hydrogen (secondary N) is 1. The van der Waals surface area contributed by atoms with E-state index in [9.17, 15) is 8.42 Å². The van der Waals surface area contributed by atoms with E-state index in [2.05, 4.69) is 10.3 Å². The third-order valence-electron chi connectivity index (χ3n) is 2.61. The lowest BCUT2D eigenvalue weighted by Gasteiger charge is -2.23. The van der Waals surface area contributed by atoms with Gasteiger partial charge in [0.2, 0.25) is 0 Å². The molecule has 0 spiro atoms. The maximum atomic E-state index is 11.5. The van der Waals surface area contributed by atoms with Crippen LogP contribution < -0.4 is 5.32 Å². The Kier molecular flexibility index (Phi) is 3.57. The van der Waals surface area contributed by atoms with Crippen molar-refractivity contribution in [1.29, 1.82) is 0 Å². The quantitative estimate of drug-likeness (QED) is 0.871. The summed E-state index contributed by atoms with van der Waals surface area (Å²) in [7, 11) is -3.07. The summed E-state index contributed by atoms with van der Waals surface area (Å²) < 4.78 is 22.2. The Hall–Kier alpha value is -1.10. The SMILES string of the molecule is Cc1ccnc(NCC(C)(C)S(C)(=O)=O)c1. The zero-order chi connectivity index (χ0) is 12.4. The minimum atomic E-state index is -3.07. The van der Waals surface area contributed by atoms with Gasteiger partial charge < -0.3 is 5.32 Å². The molecule has 1 aromatic heterocycles. The molecule has 0 saturated heterocycles. The van der Waals surface area contributed by atoms with Crippen LogP contribution in [0.5, 0.6) is 0 Å². The van der Waals surface area contributed by atoms with E-state index >= 15 is 0 Å². The van der Waals surface area contributed by atoms with Crippen molar-refractivity contribution in [3.05, 3.63) is 23.9 Å². The molecule has 0 bridgehead atoms. The van der Waals surface area contributed by atoms with Gasteiger partial charge >= 0.3 is 0 Å². The van der Waals surface area contributed by atoms with Gasteiger partial charge in [0, 0.05) is 19.0 Å². The number of sulfone groups is 1. The highest BCUT2D eigenvalue weighted by atomic mass is 32.2. The molecular weight excluding hydrogens is 224 g/mol. The monoisotopic (exact) mass is 242 g/mol. The zero-order valence-corrected chi connectivity index (χ0v) is 10.9. The van der Waals surface area contributed by atoms with E-state index in [1.165, 1.54) is 6.26 Å². The van der Waals surface area contributed by atoms with Crippen molar-refractivity contribution in [2.75, 3.05) is 18.1 Å². The van der Waals surface area contributed by atoms with Gasteiger partial charge in [0.25, 0.3) is 0 Å². The molecule has 0 atom stereocenters. The van der Waals surface area contributed by atoms with Gasteiger partial charge in [-0.15, -0.1) is 0 Å². The fourth-order valence-corrected chi connectivity index (χ4v) is 1.40. The van der Waals surface area contributed by atoms with Gasteiger partial charge in [0.05, 0.1) is 4.75 Å². The van der Waals surface area contributed by atoms with Gasteiger partial charge in [-0.25, -0.2) is 13.4 Å². The first-order chi connectivity index (χ1) is 7.22. The van der Waals surface area contributed by atoms with Crippen molar-refractivity contribution in [3.8, 4) is 0 Å². The van der Waals surface area contributed by atoms with Crippen molar-refractivity contribution in [2.45, 2.75) is 25.5 Å². The molecule has 1 N–H and O–H groups in total. The van der Waals surface area contributed by atoms with Crippen LogP contribution in [0.4, 0.5) is 5.82 Å². The van der Waals surface area contributed by atoms with Crippen molar-refractivity contribution in [2.24, 2.45) is 0 Å². The summed E-state index contributed by atoms with van der Waals surface area (Å²) in [5.74, 6) is 0.705. The highest BCUT2D eigenvalue weighted by molar-refractivity contribution is 7.92. The van der Waals surface area contributed by atoms with Crippen molar-refractivity contribution < 1.29 is 8.42 Å². The molecular formula is C11H18N2O2S. The maximum absolute atomic E-state index is 11.5. The van der Waals surface area contributed by atoms with Crippen LogP contribution >= 0.6 is 0 Å². The van der Waals surface area contributed by atoms with E-state index in [0.717, 1.165) is 5.56 Å². The van der Waals surface area contributed by atoms with Crippen LogP contribution in [0.15, 0.2) is 18.3 Å². The summed E-state index contributed by atoms with van der Waals surface area (Å²) in [6.45, 7) is 5.72. The first-order valence-electron chi connectivity index (χ1n) is 5.08. The lowest BCUT2D eigenvalue weighted by atomic mass is 10.2. The van der Waals surface area contributed by atoms with Gasteiger partial charge in [-0.1, -0.05) is 0 Å². The second kappa shape index (κ2) is 4.41. The molecule has 5 heteroatoms. The van der Waals surface area contributed by atoms with Crippen LogP contribution in [0.3, 0.4) is 0 Å². The summed E-state index contributed by atoms with van der Waals surface area (Å²) in [6, 6.07) is 3.78. The van der Waals surface area contributed by atoms with Gasteiger partial charge in [0.15, 0.2) is 9.84 Å². The summed E-state index contributed by atoms with van der Waals surface area (Å²) in [6.07, 6.45) is 2.95. The Bertz CT molecular complexity index is 467. The molecule has 0 aromatic carbocycles. The molecule has 1 rings (SSSR count). The Morgan fingerprint density at radius 2 is 2.06 bits per heavy atom. The molecule has 0 unspecified atom stereocenters. The fraction of sp³-hybridized carbons (Fsp3) is 0.545. The molecule has 0 amide bonds. The van der Waals surface area contributed by atoms with Gasteiger partial charge in [-0.2, -0.15) is 0 Å². The second-order valence-electron chi connectivity index (χ2n) is 4.60. The van der Waals surface area contributed by atoms with E-state index in [1.54, 1.807) is 20.0 Å². The number of hydrogen-bond donors (Lipinski definition) is 1. The molecule has 1 heterocycles. The molecule has 0 saturated carbocycles. The maximum Gasteiger partial charge on any atom is 0.154 e.